The molecule has 8 heteroatoms. The fourth-order valence-electron chi connectivity index (χ4n) is 3.73. The number of nitrogens with one attached hydrogen (secondary N) is 1. The molecule has 3 heterocycles. The molecular weight excluding hydrogens is 469 g/mol. The molecule has 1 aromatic rings. The number of likely N-dealkylation sites (tertiary alicyclic amines) is 1. The van der Waals surface area contributed by atoms with Gasteiger partial charge in [0.1, 0.15) is 0 Å². The van der Waals surface area contributed by atoms with E-state index in [0.29, 0.717) is 12.2 Å². The predicted octanol–water partition coefficient (Wildman–Crippen LogP) is 2.60. The van der Waals surface area contributed by atoms with E-state index in [0.717, 1.165) is 71.0 Å². The molecule has 2 fully saturated rings. The van der Waals surface area contributed by atoms with Gasteiger partial charge in [-0.25, -0.2) is 0 Å². The van der Waals surface area contributed by atoms with Crippen LogP contribution in [0.3, 0.4) is 0 Å². The third-order valence-electron chi connectivity index (χ3n) is 5.29. The van der Waals surface area contributed by atoms with Crippen LogP contribution in [-0.2, 0) is 22.9 Å². The first-order valence-electron chi connectivity index (χ1n) is 10.5. The third kappa shape index (κ3) is 7.51. The summed E-state index contributed by atoms with van der Waals surface area (Å²) >= 11 is 0. The zero-order chi connectivity index (χ0) is 18.9. The molecule has 2 aliphatic rings. The summed E-state index contributed by atoms with van der Waals surface area (Å²) < 4.78 is 13.7. The van der Waals surface area contributed by atoms with E-state index in [-0.39, 0.29) is 24.0 Å². The second kappa shape index (κ2) is 12.6. The smallest absolute Gasteiger partial charge is 0.193 e. The minimum absolute atomic E-state index is 0. The number of piperidine rings is 1. The number of aliphatic imine (C=N–C) groups is 1. The van der Waals surface area contributed by atoms with Crippen LogP contribution in [0.4, 0.5) is 0 Å². The lowest BCUT2D eigenvalue weighted by molar-refractivity contribution is -0.0721. The van der Waals surface area contributed by atoms with Gasteiger partial charge in [0.25, 0.3) is 0 Å². The fourth-order valence-corrected chi connectivity index (χ4v) is 3.73. The first-order valence-corrected chi connectivity index (χ1v) is 10.5. The lowest BCUT2D eigenvalue weighted by Gasteiger charge is -2.35. The summed E-state index contributed by atoms with van der Waals surface area (Å²) in [6.45, 7) is 7.43. The molecule has 0 radical (unpaired) electrons. The maximum absolute atomic E-state index is 6.13. The van der Waals surface area contributed by atoms with E-state index in [1.54, 1.807) is 0 Å². The van der Waals surface area contributed by atoms with Gasteiger partial charge in [-0.2, -0.15) is 5.10 Å². The standard InChI is InChI=1S/C20H35N5O2.HI/c1-3-21-20(22-10-7-17-14-23-24(2)15-17)25-11-8-18(9-12-25)27-16-19-6-4-5-13-26-19;/h14-15,18-19H,3-13,16H2,1-2H3,(H,21,22);1H. The summed E-state index contributed by atoms with van der Waals surface area (Å²) in [7, 11) is 1.95. The van der Waals surface area contributed by atoms with Crippen molar-refractivity contribution < 1.29 is 9.47 Å². The molecule has 1 aromatic heterocycles. The molecule has 1 unspecified atom stereocenters. The monoisotopic (exact) mass is 505 g/mol. The van der Waals surface area contributed by atoms with Gasteiger partial charge in [0.15, 0.2) is 5.96 Å². The van der Waals surface area contributed by atoms with Gasteiger partial charge in [-0.1, -0.05) is 0 Å². The van der Waals surface area contributed by atoms with Crippen LogP contribution in [-0.4, -0.2) is 72.2 Å². The van der Waals surface area contributed by atoms with Crippen molar-refractivity contribution in [3.63, 3.8) is 0 Å². The molecule has 1 N–H and O–H groups in total. The Bertz CT molecular complexity index is 581. The van der Waals surface area contributed by atoms with Crippen molar-refractivity contribution in [2.75, 3.05) is 39.4 Å². The topological polar surface area (TPSA) is 63.9 Å². The number of guanidine groups is 1. The van der Waals surface area contributed by atoms with Crippen molar-refractivity contribution in [2.45, 2.75) is 57.7 Å². The molecule has 0 amide bonds. The van der Waals surface area contributed by atoms with Gasteiger partial charge in [0, 0.05) is 46.0 Å². The maximum Gasteiger partial charge on any atom is 0.193 e. The summed E-state index contributed by atoms with van der Waals surface area (Å²) in [5, 5.41) is 7.66. The number of halogens is 1. The predicted molar refractivity (Wildman–Crippen MR) is 122 cm³/mol. The molecule has 0 bridgehead atoms. The number of hydrogen-bond donors (Lipinski definition) is 1. The summed E-state index contributed by atoms with van der Waals surface area (Å²) in [6, 6.07) is 0. The molecule has 2 saturated heterocycles. The number of aromatic nitrogens is 2. The molecule has 0 aromatic carbocycles. The second-order valence-electron chi connectivity index (χ2n) is 7.52. The first kappa shape index (κ1) is 23.4. The van der Waals surface area contributed by atoms with E-state index in [1.807, 2.05) is 17.9 Å². The summed E-state index contributed by atoms with van der Waals surface area (Å²) in [4.78, 5) is 7.18. The molecule has 0 spiro atoms. The molecule has 160 valence electrons. The van der Waals surface area contributed by atoms with Crippen LogP contribution >= 0.6 is 24.0 Å². The van der Waals surface area contributed by atoms with Crippen molar-refractivity contribution >= 4 is 29.9 Å². The van der Waals surface area contributed by atoms with E-state index in [2.05, 4.69) is 28.4 Å². The molecule has 28 heavy (non-hydrogen) atoms. The quantitative estimate of drug-likeness (QED) is 0.351. The van der Waals surface area contributed by atoms with Crippen LogP contribution in [0.1, 0.15) is 44.6 Å². The van der Waals surface area contributed by atoms with Crippen LogP contribution in [0, 0.1) is 0 Å². The number of hydrogen-bond acceptors (Lipinski definition) is 4. The maximum atomic E-state index is 6.13. The van der Waals surface area contributed by atoms with Crippen LogP contribution in [0.5, 0.6) is 0 Å². The molecule has 2 aliphatic heterocycles. The zero-order valence-electron chi connectivity index (χ0n) is 17.3. The number of aryl methyl sites for hydroxylation is 1. The van der Waals surface area contributed by atoms with Gasteiger partial charge < -0.3 is 19.7 Å². The third-order valence-corrected chi connectivity index (χ3v) is 5.29. The van der Waals surface area contributed by atoms with Gasteiger partial charge in [-0.3, -0.25) is 9.67 Å². The molecule has 7 nitrogen and oxygen atoms in total. The fraction of sp³-hybridized carbons (Fsp3) is 0.800. The van der Waals surface area contributed by atoms with E-state index >= 15 is 0 Å². The zero-order valence-corrected chi connectivity index (χ0v) is 19.6. The highest BCUT2D eigenvalue weighted by molar-refractivity contribution is 14.0. The molecule has 1 atom stereocenters. The van der Waals surface area contributed by atoms with Crippen LogP contribution in [0.25, 0.3) is 0 Å². The highest BCUT2D eigenvalue weighted by atomic mass is 127. The number of nitrogens with zero attached hydrogens (tertiary/aromatic N) is 4. The van der Waals surface area contributed by atoms with Crippen molar-refractivity contribution in [2.24, 2.45) is 12.0 Å². The normalized spacial score (nSPS) is 21.4. The second-order valence-corrected chi connectivity index (χ2v) is 7.52. The molecule has 0 saturated carbocycles. The first-order chi connectivity index (χ1) is 13.2. The van der Waals surface area contributed by atoms with Crippen molar-refractivity contribution in [3.05, 3.63) is 18.0 Å². The van der Waals surface area contributed by atoms with E-state index in [4.69, 9.17) is 14.5 Å². The average Bonchev–Trinajstić information content (AvgIpc) is 3.12. The molecule has 3 rings (SSSR count). The Hall–Kier alpha value is -0.870. The minimum atomic E-state index is 0. The lowest BCUT2D eigenvalue weighted by atomic mass is 10.1. The largest absolute Gasteiger partial charge is 0.376 e. The van der Waals surface area contributed by atoms with Gasteiger partial charge in [-0.15, -0.1) is 24.0 Å². The van der Waals surface area contributed by atoms with E-state index in [9.17, 15) is 0 Å². The lowest BCUT2D eigenvalue weighted by Crippen LogP contribution is -2.47. The van der Waals surface area contributed by atoms with Crippen LogP contribution in [0.2, 0.25) is 0 Å². The summed E-state index contributed by atoms with van der Waals surface area (Å²) in [5.41, 5.74) is 1.23. The van der Waals surface area contributed by atoms with Gasteiger partial charge >= 0.3 is 0 Å². The van der Waals surface area contributed by atoms with Gasteiger partial charge in [0.05, 0.1) is 25.0 Å². The Morgan fingerprint density at radius 2 is 2.14 bits per heavy atom. The van der Waals surface area contributed by atoms with Crippen molar-refractivity contribution in [3.8, 4) is 0 Å². The number of ether oxygens (including phenoxy) is 2. The Morgan fingerprint density at radius 3 is 2.79 bits per heavy atom. The summed E-state index contributed by atoms with van der Waals surface area (Å²) in [6.07, 6.45) is 11.3. The van der Waals surface area contributed by atoms with Crippen molar-refractivity contribution in [1.29, 1.82) is 0 Å². The number of rotatable bonds is 7. The van der Waals surface area contributed by atoms with Gasteiger partial charge in [0.2, 0.25) is 0 Å². The Kier molecular flexibility index (Phi) is 10.6. The van der Waals surface area contributed by atoms with Crippen LogP contribution in [0.15, 0.2) is 17.4 Å². The Morgan fingerprint density at radius 1 is 1.32 bits per heavy atom. The molecule has 0 aliphatic carbocycles. The van der Waals surface area contributed by atoms with E-state index < -0.39 is 0 Å². The Labute approximate surface area is 186 Å². The highest BCUT2D eigenvalue weighted by Crippen LogP contribution is 2.18. The van der Waals surface area contributed by atoms with Crippen molar-refractivity contribution in [1.82, 2.24) is 20.0 Å². The SMILES string of the molecule is CCNC(=NCCc1cnn(C)c1)N1CCC(OCC2CCCCO2)CC1.I. The average molecular weight is 505 g/mol. The Balaban J connectivity index is 0.00000280. The van der Waals surface area contributed by atoms with Crippen LogP contribution < -0.4 is 5.32 Å². The minimum Gasteiger partial charge on any atom is -0.376 e. The van der Waals surface area contributed by atoms with E-state index in [1.165, 1.54) is 18.4 Å². The highest BCUT2D eigenvalue weighted by Gasteiger charge is 2.23. The van der Waals surface area contributed by atoms with Gasteiger partial charge in [-0.05, 0) is 51.0 Å². The summed E-state index contributed by atoms with van der Waals surface area (Å²) in [5.74, 6) is 1.02. The molecular formula is C20H36IN5O2.